The molecule has 9 atom stereocenters. The molecule has 6 rings (SSSR count). The van der Waals surface area contributed by atoms with E-state index >= 15 is 0 Å². The maximum absolute atomic E-state index is 12.7. The van der Waals surface area contributed by atoms with Crippen molar-refractivity contribution in [3.05, 3.63) is 35.5 Å². The van der Waals surface area contributed by atoms with Crippen LogP contribution in [0.25, 0.3) is 0 Å². The molecule has 282 valence electrons. The monoisotopic (exact) mass is 712 g/mol. The van der Waals surface area contributed by atoms with Gasteiger partial charge in [0.15, 0.2) is 0 Å². The number of hydrogen-bond donors (Lipinski definition) is 3. The Bertz CT molecular complexity index is 1450. The van der Waals surface area contributed by atoms with Crippen LogP contribution >= 0.6 is 0 Å². The van der Waals surface area contributed by atoms with Gasteiger partial charge in [-0.25, -0.2) is 14.4 Å². The van der Waals surface area contributed by atoms with Gasteiger partial charge in [0.2, 0.25) is 0 Å². The molecule has 0 aromatic rings. The quantitative estimate of drug-likeness (QED) is 0.0876. The number of fused-ring (bicyclic) bond motifs is 6. The summed E-state index contributed by atoms with van der Waals surface area (Å²) in [4.78, 5) is 49.7. The van der Waals surface area contributed by atoms with Crippen LogP contribution < -0.4 is 10.6 Å². The Labute approximate surface area is 301 Å². The van der Waals surface area contributed by atoms with Gasteiger partial charge in [-0.15, -0.1) is 0 Å². The number of esters is 2. The molecule has 12 heteroatoms. The van der Waals surface area contributed by atoms with E-state index in [1.807, 2.05) is 20.8 Å². The van der Waals surface area contributed by atoms with Gasteiger partial charge in [0.1, 0.15) is 31.5 Å². The zero-order valence-electron chi connectivity index (χ0n) is 30.6. The second kappa shape index (κ2) is 14.9. The summed E-state index contributed by atoms with van der Waals surface area (Å²) in [5, 5.41) is 15.8. The second-order valence-corrected chi connectivity index (χ2v) is 16.6. The summed E-state index contributed by atoms with van der Waals surface area (Å²) in [7, 11) is 0. The van der Waals surface area contributed by atoms with Crippen LogP contribution in [0.5, 0.6) is 0 Å². The van der Waals surface area contributed by atoms with Crippen LogP contribution in [0.3, 0.4) is 0 Å². The van der Waals surface area contributed by atoms with Crippen molar-refractivity contribution in [2.75, 3.05) is 26.3 Å². The van der Waals surface area contributed by atoms with E-state index in [0.29, 0.717) is 37.2 Å². The number of aliphatic hydroxyl groups is 1. The van der Waals surface area contributed by atoms with Gasteiger partial charge in [0.25, 0.3) is 0 Å². The smallest absolute Gasteiger partial charge is 0.407 e. The van der Waals surface area contributed by atoms with E-state index in [2.05, 4.69) is 36.3 Å². The van der Waals surface area contributed by atoms with E-state index in [4.69, 9.17) is 23.7 Å². The van der Waals surface area contributed by atoms with Gasteiger partial charge in [-0.1, -0.05) is 25.7 Å². The summed E-state index contributed by atoms with van der Waals surface area (Å²) in [5.41, 5.74) is 1.83. The molecule has 3 aliphatic heterocycles. The van der Waals surface area contributed by atoms with Crippen LogP contribution in [0.1, 0.15) is 98.3 Å². The molecule has 3 N–H and O–H groups in total. The summed E-state index contributed by atoms with van der Waals surface area (Å²) in [6, 6.07) is 0. The van der Waals surface area contributed by atoms with Crippen molar-refractivity contribution in [2.45, 2.75) is 128 Å². The number of nitrogens with one attached hydrogen (secondary N) is 2. The Morgan fingerprint density at radius 2 is 1.51 bits per heavy atom. The van der Waals surface area contributed by atoms with Crippen molar-refractivity contribution in [1.82, 2.24) is 10.6 Å². The first-order valence-electron chi connectivity index (χ1n) is 18.8. The lowest BCUT2D eigenvalue weighted by Crippen LogP contribution is -2.32. The van der Waals surface area contributed by atoms with E-state index in [1.165, 1.54) is 0 Å². The van der Waals surface area contributed by atoms with E-state index in [0.717, 1.165) is 56.1 Å². The number of aliphatic hydroxyl groups excluding tert-OH is 1. The summed E-state index contributed by atoms with van der Waals surface area (Å²) in [6.07, 6.45) is 9.97. The third kappa shape index (κ3) is 8.48. The molecule has 2 amide bonds. The third-order valence-electron chi connectivity index (χ3n) is 12.5. The molecule has 3 heterocycles. The van der Waals surface area contributed by atoms with Gasteiger partial charge in [-0.2, -0.15) is 0 Å². The third-order valence-corrected chi connectivity index (χ3v) is 12.5. The van der Waals surface area contributed by atoms with Crippen molar-refractivity contribution in [1.29, 1.82) is 0 Å². The van der Waals surface area contributed by atoms with Crippen molar-refractivity contribution in [2.24, 2.45) is 28.6 Å². The van der Waals surface area contributed by atoms with Crippen LogP contribution in [-0.2, 0) is 33.3 Å². The zero-order chi connectivity index (χ0) is 36.6. The molecule has 12 nitrogen and oxygen atoms in total. The van der Waals surface area contributed by atoms with Gasteiger partial charge in [0.05, 0.1) is 17.1 Å². The molecule has 0 bridgehead atoms. The minimum atomic E-state index is -0.736. The van der Waals surface area contributed by atoms with Gasteiger partial charge in [-0.3, -0.25) is 4.79 Å². The Morgan fingerprint density at radius 3 is 2.16 bits per heavy atom. The number of amides is 2. The normalized spacial score (nSPS) is 37.9. The molecule has 0 aromatic heterocycles. The van der Waals surface area contributed by atoms with Gasteiger partial charge < -0.3 is 39.4 Å². The Hall–Kier alpha value is -3.38. The molecule has 3 aliphatic carbocycles. The lowest BCUT2D eigenvalue weighted by Gasteiger charge is -2.28. The van der Waals surface area contributed by atoms with Crippen molar-refractivity contribution in [3.63, 3.8) is 0 Å². The topological polar surface area (TPSA) is 162 Å². The van der Waals surface area contributed by atoms with Gasteiger partial charge in [0, 0.05) is 36.4 Å². The van der Waals surface area contributed by atoms with E-state index in [1.54, 1.807) is 0 Å². The molecule has 1 unspecified atom stereocenters. The largest absolute Gasteiger partial charge is 0.461 e. The Morgan fingerprint density at radius 1 is 0.902 bits per heavy atom. The molecule has 0 spiro atoms. The number of alkyl carbamates (subject to hydrolysis) is 2. The standard InChI is InChI=1S/C39H56N2O10/c1-23-27-12-10-24(9-7-17-39(5)32(51-39)30(27)49-33(23)43)21-47-35(45)40-18-14-26(42)15-19-41-36(46)48-22-25-8-6-16-38(4)20-29(38)31-28(13-11-25)37(2,3)34(44)50-31/h8-9,26-32,42H,1,6-7,10-22H2,2-5H3,(H,40,45)(H,41,46)/b24-9+,25-8+/t26?,27-,28+,29-,30-,31-,32-,38-,39+/m0/s1. The number of carbonyl (C=O) groups excluding carboxylic acids is 4. The predicted octanol–water partition coefficient (Wildman–Crippen LogP) is 5.43. The molecule has 0 radical (unpaired) electrons. The molecule has 6 aliphatic rings. The first-order chi connectivity index (χ1) is 24.2. The van der Waals surface area contributed by atoms with Gasteiger partial charge in [-0.05, 0) is 108 Å². The average Bonchev–Trinajstić information content (AvgIpc) is 3.90. The fraction of sp³-hybridized carbons (Fsp3) is 0.744. The Kier molecular flexibility index (Phi) is 10.9. The maximum atomic E-state index is 12.7. The van der Waals surface area contributed by atoms with Crippen LogP contribution in [-0.4, -0.2) is 85.6 Å². The second-order valence-electron chi connectivity index (χ2n) is 16.6. The predicted molar refractivity (Wildman–Crippen MR) is 186 cm³/mol. The van der Waals surface area contributed by atoms with Crippen LogP contribution in [0.4, 0.5) is 9.59 Å². The van der Waals surface area contributed by atoms with Gasteiger partial charge >= 0.3 is 24.1 Å². The highest BCUT2D eigenvalue weighted by molar-refractivity contribution is 5.91. The first-order valence-corrected chi connectivity index (χ1v) is 18.8. The number of epoxide rings is 1. The van der Waals surface area contributed by atoms with Crippen LogP contribution in [0, 0.1) is 28.6 Å². The van der Waals surface area contributed by atoms with Crippen LogP contribution in [0.15, 0.2) is 35.5 Å². The molecule has 4 fully saturated rings. The number of hydrogen-bond acceptors (Lipinski definition) is 10. The minimum Gasteiger partial charge on any atom is -0.461 e. The summed E-state index contributed by atoms with van der Waals surface area (Å²) >= 11 is 0. The molecule has 1 saturated carbocycles. The number of carbonyl (C=O) groups is 4. The number of allylic oxidation sites excluding steroid dienone is 2. The number of rotatable bonds is 10. The summed E-state index contributed by atoms with van der Waals surface area (Å²) in [5.74, 6) is -0.0278. The number of ether oxygens (including phenoxy) is 5. The SMILES string of the molecule is C=C1C(=O)O[C@H]2[C@H]1CC/C(COC(=O)NCCC(O)CCNC(=O)OC/C1=C/CC[C@@]3(C)C[C@H]3[C@H]3OC(=O)C(C)(C)[C@@H]3CC1)=C\CC[C@@]1(C)O[C@@H]21. The van der Waals surface area contributed by atoms with E-state index in [9.17, 15) is 24.3 Å². The fourth-order valence-corrected chi connectivity index (χ4v) is 8.73. The molecule has 3 saturated heterocycles. The summed E-state index contributed by atoms with van der Waals surface area (Å²) in [6.45, 7) is 13.0. The molecule has 51 heavy (non-hydrogen) atoms. The lowest BCUT2D eigenvalue weighted by atomic mass is 9.73. The first kappa shape index (κ1) is 37.4. The highest BCUT2D eigenvalue weighted by Gasteiger charge is 2.63. The van der Waals surface area contributed by atoms with Crippen LogP contribution in [0.2, 0.25) is 0 Å². The van der Waals surface area contributed by atoms with E-state index in [-0.39, 0.29) is 79.4 Å². The molecular weight excluding hydrogens is 656 g/mol. The maximum Gasteiger partial charge on any atom is 0.407 e. The fourth-order valence-electron chi connectivity index (χ4n) is 8.73. The highest BCUT2D eigenvalue weighted by atomic mass is 16.6. The summed E-state index contributed by atoms with van der Waals surface area (Å²) < 4.78 is 28.5. The zero-order valence-corrected chi connectivity index (χ0v) is 30.6. The highest BCUT2D eigenvalue weighted by Crippen LogP contribution is 2.63. The average molecular weight is 713 g/mol. The van der Waals surface area contributed by atoms with Crippen molar-refractivity contribution >= 4 is 24.1 Å². The molecule has 0 aromatic carbocycles. The lowest BCUT2D eigenvalue weighted by molar-refractivity contribution is -0.148. The van der Waals surface area contributed by atoms with E-state index < -0.39 is 23.7 Å². The minimum absolute atomic E-state index is 0.0332. The Balaban J connectivity index is 0.855. The van der Waals surface area contributed by atoms with Crippen molar-refractivity contribution in [3.8, 4) is 0 Å². The van der Waals surface area contributed by atoms with Crippen molar-refractivity contribution < 1.29 is 48.0 Å². The molecular formula is C39H56N2O10.